The van der Waals surface area contributed by atoms with Gasteiger partial charge < -0.3 is 5.32 Å². The van der Waals surface area contributed by atoms with Crippen LogP contribution in [0.25, 0.3) is 0 Å². The predicted octanol–water partition coefficient (Wildman–Crippen LogP) is 3.37. The number of carbonyl (C=O) groups excluding carboxylic acids is 1. The highest BCUT2D eigenvalue weighted by Gasteiger charge is 2.19. The van der Waals surface area contributed by atoms with E-state index in [1.807, 2.05) is 44.2 Å². The van der Waals surface area contributed by atoms with Gasteiger partial charge in [-0.2, -0.15) is 0 Å². The topological polar surface area (TPSA) is 54.9 Å². The summed E-state index contributed by atoms with van der Waals surface area (Å²) in [6, 6.07) is 9.67. The maximum atomic E-state index is 12.1. The van der Waals surface area contributed by atoms with Crippen LogP contribution in [0.5, 0.6) is 0 Å². The summed E-state index contributed by atoms with van der Waals surface area (Å²) in [5.74, 6) is 0.0145. The zero-order valence-corrected chi connectivity index (χ0v) is 12.9. The van der Waals surface area contributed by atoms with Crippen molar-refractivity contribution in [2.75, 3.05) is 6.54 Å². The first-order valence-electron chi connectivity index (χ1n) is 6.39. The molecule has 4 nitrogen and oxygen atoms in total. The Bertz CT molecular complexity index is 571. The van der Waals surface area contributed by atoms with E-state index in [1.54, 1.807) is 0 Å². The van der Waals surface area contributed by atoms with Gasteiger partial charge in [0.05, 0.1) is 11.1 Å². The quantitative estimate of drug-likeness (QED) is 0.862. The number of rotatable bonds is 5. The summed E-state index contributed by atoms with van der Waals surface area (Å²) in [4.78, 5) is 12.7. The van der Waals surface area contributed by atoms with Crippen LogP contribution in [0.2, 0.25) is 0 Å². The highest BCUT2D eigenvalue weighted by Crippen LogP contribution is 2.21. The number of hydrogen-bond acceptors (Lipinski definition) is 4. The smallest absolute Gasteiger partial charge is 0.265 e. The van der Waals surface area contributed by atoms with Crippen LogP contribution in [0.1, 0.15) is 46.1 Å². The molecule has 1 unspecified atom stereocenters. The molecule has 0 saturated heterocycles. The number of hydrogen-bond donors (Lipinski definition) is 1. The van der Waals surface area contributed by atoms with Gasteiger partial charge in [-0.15, -0.1) is 16.7 Å². The van der Waals surface area contributed by atoms with Crippen molar-refractivity contribution in [3.05, 3.63) is 46.5 Å². The number of halogens is 1. The second-order valence-electron chi connectivity index (χ2n) is 4.73. The maximum Gasteiger partial charge on any atom is 0.265 e. The molecular formula is C14H16ClN3OS. The first kappa shape index (κ1) is 14.9. The molecule has 1 N–H and O–H groups in total. The number of aromatic nitrogens is 2. The molecular weight excluding hydrogens is 294 g/mol. The SMILES string of the molecule is CC(C)c1nnsc1C(=O)NCC(Cl)c1ccccc1. The molecule has 0 aliphatic rings. The number of carbonyl (C=O) groups is 1. The molecule has 2 aromatic rings. The zero-order valence-electron chi connectivity index (χ0n) is 11.3. The van der Waals surface area contributed by atoms with Gasteiger partial charge in [0.1, 0.15) is 4.88 Å². The van der Waals surface area contributed by atoms with Crippen LogP contribution in [0.4, 0.5) is 0 Å². The fourth-order valence-electron chi connectivity index (χ4n) is 1.78. The van der Waals surface area contributed by atoms with E-state index in [1.165, 1.54) is 0 Å². The lowest BCUT2D eigenvalue weighted by Crippen LogP contribution is -2.27. The third-order valence-corrected chi connectivity index (χ3v) is 4.02. The molecule has 1 heterocycles. The third kappa shape index (κ3) is 3.55. The first-order valence-corrected chi connectivity index (χ1v) is 7.60. The van der Waals surface area contributed by atoms with Gasteiger partial charge in [0, 0.05) is 6.54 Å². The molecule has 0 aliphatic carbocycles. The number of benzene rings is 1. The molecule has 106 valence electrons. The molecule has 1 atom stereocenters. The van der Waals surface area contributed by atoms with Crippen LogP contribution >= 0.6 is 23.1 Å². The van der Waals surface area contributed by atoms with Crippen molar-refractivity contribution in [1.82, 2.24) is 14.9 Å². The second kappa shape index (κ2) is 6.81. The monoisotopic (exact) mass is 309 g/mol. The average Bonchev–Trinajstić information content (AvgIpc) is 2.95. The van der Waals surface area contributed by atoms with E-state index in [-0.39, 0.29) is 17.2 Å². The van der Waals surface area contributed by atoms with Crippen LogP contribution in [-0.4, -0.2) is 22.0 Å². The van der Waals surface area contributed by atoms with Crippen LogP contribution in [0, 0.1) is 0 Å². The molecule has 0 saturated carbocycles. The number of nitrogens with one attached hydrogen (secondary N) is 1. The standard InChI is InChI=1S/C14H16ClN3OS/c1-9(2)12-13(20-18-17-12)14(19)16-8-11(15)10-6-4-3-5-7-10/h3-7,9,11H,8H2,1-2H3,(H,16,19). The van der Waals surface area contributed by atoms with Crippen molar-refractivity contribution in [2.45, 2.75) is 25.1 Å². The van der Waals surface area contributed by atoms with Crippen LogP contribution in [0.15, 0.2) is 30.3 Å². The van der Waals surface area contributed by atoms with Gasteiger partial charge in [0.2, 0.25) is 0 Å². The molecule has 1 amide bonds. The molecule has 0 radical (unpaired) electrons. The summed E-state index contributed by atoms with van der Waals surface area (Å²) in [6.45, 7) is 4.35. The first-order chi connectivity index (χ1) is 9.59. The highest BCUT2D eigenvalue weighted by atomic mass is 35.5. The fourth-order valence-corrected chi connectivity index (χ4v) is 2.73. The summed E-state index contributed by atoms with van der Waals surface area (Å²) in [7, 11) is 0. The molecule has 0 fully saturated rings. The minimum atomic E-state index is -0.247. The Labute approximate surface area is 127 Å². The fraction of sp³-hybridized carbons (Fsp3) is 0.357. The normalized spacial score (nSPS) is 12.4. The largest absolute Gasteiger partial charge is 0.349 e. The molecule has 2 rings (SSSR count). The lowest BCUT2D eigenvalue weighted by Gasteiger charge is -2.11. The van der Waals surface area contributed by atoms with Crippen LogP contribution in [0.3, 0.4) is 0 Å². The van der Waals surface area contributed by atoms with Crippen molar-refractivity contribution >= 4 is 29.0 Å². The lowest BCUT2D eigenvalue weighted by atomic mass is 10.1. The minimum Gasteiger partial charge on any atom is -0.349 e. The molecule has 1 aromatic carbocycles. The molecule has 0 spiro atoms. The van der Waals surface area contributed by atoms with E-state index < -0.39 is 0 Å². The Hall–Kier alpha value is -1.46. The summed E-state index contributed by atoms with van der Waals surface area (Å²) in [6.07, 6.45) is 0. The van der Waals surface area contributed by atoms with Gasteiger partial charge >= 0.3 is 0 Å². The van der Waals surface area contributed by atoms with Gasteiger partial charge in [-0.1, -0.05) is 48.7 Å². The Morgan fingerprint density at radius 1 is 1.35 bits per heavy atom. The molecule has 20 heavy (non-hydrogen) atoms. The summed E-state index contributed by atoms with van der Waals surface area (Å²) in [5, 5.41) is 6.59. The van der Waals surface area contributed by atoms with Crippen molar-refractivity contribution in [2.24, 2.45) is 0 Å². The minimum absolute atomic E-state index is 0.162. The number of amides is 1. The van der Waals surface area contributed by atoms with Crippen molar-refractivity contribution in [1.29, 1.82) is 0 Å². The lowest BCUT2D eigenvalue weighted by molar-refractivity contribution is 0.0956. The number of alkyl halides is 1. The van der Waals surface area contributed by atoms with Gasteiger partial charge in [-0.25, -0.2) is 0 Å². The van der Waals surface area contributed by atoms with E-state index in [4.69, 9.17) is 11.6 Å². The van der Waals surface area contributed by atoms with Crippen molar-refractivity contribution in [3.63, 3.8) is 0 Å². The summed E-state index contributed by atoms with van der Waals surface area (Å²) >= 11 is 7.39. The van der Waals surface area contributed by atoms with Crippen LogP contribution in [-0.2, 0) is 0 Å². The third-order valence-electron chi connectivity index (χ3n) is 2.87. The van der Waals surface area contributed by atoms with E-state index in [0.29, 0.717) is 11.4 Å². The van der Waals surface area contributed by atoms with Crippen molar-refractivity contribution < 1.29 is 4.79 Å². The summed E-state index contributed by atoms with van der Waals surface area (Å²) in [5.41, 5.74) is 1.72. The Morgan fingerprint density at radius 2 is 2.05 bits per heavy atom. The molecule has 6 heteroatoms. The van der Waals surface area contributed by atoms with Gasteiger partial charge in [-0.3, -0.25) is 4.79 Å². The van der Waals surface area contributed by atoms with Gasteiger partial charge in [0.15, 0.2) is 0 Å². The van der Waals surface area contributed by atoms with E-state index >= 15 is 0 Å². The van der Waals surface area contributed by atoms with Gasteiger partial charge in [-0.05, 0) is 23.0 Å². The Kier molecular flexibility index (Phi) is 5.09. The Morgan fingerprint density at radius 3 is 2.70 bits per heavy atom. The molecule has 1 aromatic heterocycles. The van der Waals surface area contributed by atoms with Gasteiger partial charge in [0.25, 0.3) is 5.91 Å². The molecule has 0 bridgehead atoms. The van der Waals surface area contributed by atoms with Crippen LogP contribution < -0.4 is 5.32 Å². The zero-order chi connectivity index (χ0) is 14.5. The van der Waals surface area contributed by atoms with Crippen molar-refractivity contribution in [3.8, 4) is 0 Å². The highest BCUT2D eigenvalue weighted by molar-refractivity contribution is 7.08. The molecule has 0 aliphatic heterocycles. The predicted molar refractivity (Wildman–Crippen MR) is 81.4 cm³/mol. The second-order valence-corrected chi connectivity index (χ2v) is 6.01. The summed E-state index contributed by atoms with van der Waals surface area (Å²) < 4.78 is 3.85. The maximum absolute atomic E-state index is 12.1. The van der Waals surface area contributed by atoms with E-state index in [2.05, 4.69) is 14.9 Å². The van der Waals surface area contributed by atoms with E-state index in [0.717, 1.165) is 22.8 Å². The number of nitrogens with zero attached hydrogens (tertiary/aromatic N) is 2. The van der Waals surface area contributed by atoms with E-state index in [9.17, 15) is 4.79 Å². The average molecular weight is 310 g/mol. The Balaban J connectivity index is 1.97.